The summed E-state index contributed by atoms with van der Waals surface area (Å²) >= 11 is 0. The zero-order valence-corrected chi connectivity index (χ0v) is 31.6. The third kappa shape index (κ3) is 5.18. The Bertz CT molecular complexity index is 2120. The Morgan fingerprint density at radius 2 is 1.76 bits per heavy atom. The highest BCUT2D eigenvalue weighted by atomic mass is 28.4. The quantitative estimate of drug-likeness (QED) is 0.150. The molecule has 1 heterocycles. The smallest absolute Gasteiger partial charge is 0.265 e. The summed E-state index contributed by atoms with van der Waals surface area (Å²) in [4.78, 5) is 32.8. The summed E-state index contributed by atoms with van der Waals surface area (Å²) in [6.07, 6.45) is 0.429. The van der Waals surface area contributed by atoms with Crippen molar-refractivity contribution < 1.29 is 37.5 Å². The molecule has 0 radical (unpaired) electrons. The van der Waals surface area contributed by atoms with E-state index in [9.17, 15) is 5.11 Å². The molecule has 1 saturated carbocycles. The van der Waals surface area contributed by atoms with Gasteiger partial charge in [0.1, 0.15) is 29.5 Å². The maximum Gasteiger partial charge on any atom is 0.265 e. The molecule has 3 aliphatic carbocycles. The van der Waals surface area contributed by atoms with Crippen molar-refractivity contribution in [3.63, 3.8) is 0 Å². The Kier molecular flexibility index (Phi) is 8.35. The number of fused-ring (bicyclic) bond motifs is 5. The fourth-order valence-electron chi connectivity index (χ4n) is 8.14. The number of aromatic nitrogens is 1. The van der Waals surface area contributed by atoms with E-state index in [0.29, 0.717) is 33.4 Å². The van der Waals surface area contributed by atoms with Gasteiger partial charge in [0.05, 0.1) is 13.2 Å². The van der Waals surface area contributed by atoms with Crippen LogP contribution >= 0.6 is 0 Å². The zero-order chi connectivity index (χ0) is 36.8. The van der Waals surface area contributed by atoms with E-state index in [1.165, 1.54) is 7.11 Å². The fourth-order valence-corrected chi connectivity index (χ4v) is 9.59. The first-order valence-electron chi connectivity index (χ1n) is 17.4. The molecule has 268 valence electrons. The number of benzene rings is 3. The van der Waals surface area contributed by atoms with Gasteiger partial charge in [0.25, 0.3) is 5.88 Å². The molecule has 0 aliphatic heterocycles. The van der Waals surface area contributed by atoms with Crippen LogP contribution in [0.3, 0.4) is 0 Å². The number of methoxy groups -OCH3 is 1. The third-order valence-corrected chi connectivity index (χ3v) is 16.1. The van der Waals surface area contributed by atoms with Crippen molar-refractivity contribution in [1.82, 2.24) is 10.1 Å². The Labute approximate surface area is 298 Å². The molecule has 3 aromatic carbocycles. The first kappa shape index (κ1) is 35.1. The number of hydrogen-bond donors (Lipinski definition) is 1. The summed E-state index contributed by atoms with van der Waals surface area (Å²) in [5.74, 6) is -2.42. The van der Waals surface area contributed by atoms with Gasteiger partial charge in [-0.2, -0.15) is 0 Å². The molecule has 11 heteroatoms. The van der Waals surface area contributed by atoms with Gasteiger partial charge in [-0.1, -0.05) is 51.1 Å². The minimum absolute atomic E-state index is 0.0113. The van der Waals surface area contributed by atoms with Gasteiger partial charge < -0.3 is 23.5 Å². The normalized spacial score (nSPS) is 23.2. The first-order valence-corrected chi connectivity index (χ1v) is 20.3. The summed E-state index contributed by atoms with van der Waals surface area (Å²) in [5.41, 5.74) is 0.263. The minimum Gasteiger partial charge on any atom is -0.507 e. The predicted molar refractivity (Wildman–Crippen MR) is 194 cm³/mol. The molecule has 1 N–H and O–H groups in total. The molecule has 0 bridgehead atoms. The summed E-state index contributed by atoms with van der Waals surface area (Å²) in [7, 11) is 2.37. The van der Waals surface area contributed by atoms with Gasteiger partial charge in [-0.15, -0.1) is 0 Å². The largest absolute Gasteiger partial charge is 0.507 e. The van der Waals surface area contributed by atoms with Crippen LogP contribution in [0.25, 0.3) is 16.5 Å². The van der Waals surface area contributed by atoms with E-state index in [2.05, 4.69) is 25.9 Å². The van der Waals surface area contributed by atoms with E-state index in [4.69, 9.17) is 18.4 Å². The SMILES string of the molecule is COc1ccc2c(F)c3c(c(C)c2c1)C(O)=C1C(=O)[C@]2(O[Si](C)(C)C(C)(C)C)C(=O)c4c(OCc5ccccc5)noc4[C@@H](N(C)C)[C@@H]2C[C@@H]1C3. The van der Waals surface area contributed by atoms with Crippen molar-refractivity contribution in [2.45, 2.75) is 76.9 Å². The van der Waals surface area contributed by atoms with Crippen LogP contribution < -0.4 is 9.47 Å². The number of carbonyl (C=O) groups excluding carboxylic acids is 2. The number of aryl methyl sites for hydroxylation is 1. The van der Waals surface area contributed by atoms with E-state index < -0.39 is 49.2 Å². The second-order valence-corrected chi connectivity index (χ2v) is 20.6. The highest BCUT2D eigenvalue weighted by Gasteiger charge is 2.69. The monoisotopic (exact) mass is 712 g/mol. The number of ether oxygens (including phenoxy) is 2. The Morgan fingerprint density at radius 3 is 2.41 bits per heavy atom. The maximum atomic E-state index is 16.4. The number of hydrogen-bond acceptors (Lipinski definition) is 9. The molecule has 4 atom stereocenters. The van der Waals surface area contributed by atoms with Gasteiger partial charge in [0, 0.05) is 28.0 Å². The van der Waals surface area contributed by atoms with Crippen molar-refractivity contribution >= 4 is 36.4 Å². The fraction of sp³-hybridized carbons (Fsp3) is 0.425. The van der Waals surface area contributed by atoms with Crippen molar-refractivity contribution in [3.8, 4) is 11.6 Å². The standard InChI is InChI=1S/C40H45FN2O7Si/c1-21-26-19-24(47-7)15-16-25(26)32(41)27-17-23-18-28-33(43(5)6)35-31(38(42-49-35)48-20-22-13-11-10-12-14-22)37(46)40(28,50-51(8,9)39(2,3)4)36(45)30(23)34(44)29(21)27/h10-16,19,23,28,33,44H,17-18,20H2,1-9H3/t23-,28-,33-,40-/m0/s1. The van der Waals surface area contributed by atoms with Gasteiger partial charge in [-0.3, -0.25) is 14.5 Å². The number of halogens is 1. The molecule has 1 fully saturated rings. The molecule has 3 aliphatic rings. The first-order chi connectivity index (χ1) is 24.0. The van der Waals surface area contributed by atoms with Gasteiger partial charge >= 0.3 is 0 Å². The number of carbonyl (C=O) groups is 2. The van der Waals surface area contributed by atoms with Crippen LogP contribution in [0.5, 0.6) is 11.6 Å². The highest BCUT2D eigenvalue weighted by molar-refractivity contribution is 6.74. The second kappa shape index (κ2) is 12.1. The summed E-state index contributed by atoms with van der Waals surface area (Å²) in [6.45, 7) is 12.1. The number of aliphatic hydroxyl groups is 1. The molecule has 7 rings (SSSR count). The Morgan fingerprint density at radius 1 is 1.06 bits per heavy atom. The van der Waals surface area contributed by atoms with Crippen LogP contribution in [-0.4, -0.2) is 61.9 Å². The van der Waals surface area contributed by atoms with Crippen molar-refractivity contribution in [1.29, 1.82) is 0 Å². The van der Waals surface area contributed by atoms with Gasteiger partial charge in [-0.05, 0) is 97.8 Å². The molecule has 51 heavy (non-hydrogen) atoms. The molecular formula is C40H45FN2O7Si. The lowest BCUT2D eigenvalue weighted by Gasteiger charge is -2.55. The van der Waals surface area contributed by atoms with E-state index in [1.54, 1.807) is 18.2 Å². The lowest BCUT2D eigenvalue weighted by molar-refractivity contribution is -0.140. The van der Waals surface area contributed by atoms with Crippen LogP contribution in [-0.2, 0) is 22.2 Å². The summed E-state index contributed by atoms with van der Waals surface area (Å²) in [6, 6.07) is 14.0. The van der Waals surface area contributed by atoms with E-state index >= 15 is 14.0 Å². The molecule has 1 aromatic heterocycles. The predicted octanol–water partition coefficient (Wildman–Crippen LogP) is 8.15. The summed E-state index contributed by atoms with van der Waals surface area (Å²) < 4.78 is 41.1. The van der Waals surface area contributed by atoms with Crippen LogP contribution in [0.2, 0.25) is 18.1 Å². The number of Topliss-reactive ketones (excluding diaryl/α,β-unsaturated/α-hetero) is 2. The average Bonchev–Trinajstić information content (AvgIpc) is 3.50. The minimum atomic E-state index is -2.89. The van der Waals surface area contributed by atoms with Crippen LogP contribution in [0.1, 0.15) is 71.6 Å². The van der Waals surface area contributed by atoms with Gasteiger partial charge in [-0.25, -0.2) is 4.39 Å². The molecule has 0 unspecified atom stereocenters. The number of rotatable bonds is 7. The molecule has 0 saturated heterocycles. The van der Waals surface area contributed by atoms with E-state index in [1.807, 2.05) is 69.3 Å². The molecule has 0 spiro atoms. The number of aliphatic hydroxyl groups excluding tert-OH is 1. The summed E-state index contributed by atoms with van der Waals surface area (Å²) in [5, 5.41) is 17.0. The van der Waals surface area contributed by atoms with Crippen molar-refractivity contribution in [3.05, 3.63) is 93.5 Å². The highest BCUT2D eigenvalue weighted by Crippen LogP contribution is 2.59. The number of ketones is 2. The van der Waals surface area contributed by atoms with Crippen LogP contribution in [0.15, 0.2) is 58.6 Å². The molecule has 0 amide bonds. The molecular weight excluding hydrogens is 668 g/mol. The van der Waals surface area contributed by atoms with Crippen LogP contribution in [0, 0.1) is 24.6 Å². The molecule has 9 nitrogen and oxygen atoms in total. The third-order valence-electron chi connectivity index (χ3n) is 11.7. The Hall–Kier alpha value is -4.32. The Balaban J connectivity index is 1.46. The van der Waals surface area contributed by atoms with E-state index in [0.717, 1.165) is 5.56 Å². The molecule has 4 aromatic rings. The lowest BCUT2D eigenvalue weighted by Crippen LogP contribution is -2.68. The van der Waals surface area contributed by atoms with Crippen LogP contribution in [0.4, 0.5) is 4.39 Å². The van der Waals surface area contributed by atoms with E-state index in [-0.39, 0.29) is 52.8 Å². The van der Waals surface area contributed by atoms with Crippen molar-refractivity contribution in [2.75, 3.05) is 21.2 Å². The van der Waals surface area contributed by atoms with Crippen molar-refractivity contribution in [2.24, 2.45) is 11.8 Å². The zero-order valence-electron chi connectivity index (χ0n) is 30.6. The maximum absolute atomic E-state index is 16.4. The topological polar surface area (TPSA) is 111 Å². The lowest BCUT2D eigenvalue weighted by atomic mass is 9.57. The van der Waals surface area contributed by atoms with Gasteiger partial charge in [0.15, 0.2) is 19.7 Å². The number of nitrogens with zero attached hydrogens (tertiary/aromatic N) is 2. The second-order valence-electron chi connectivity index (χ2n) is 15.9. The van der Waals surface area contributed by atoms with Gasteiger partial charge in [0.2, 0.25) is 11.6 Å². The average molecular weight is 713 g/mol.